The minimum atomic E-state index is 0.186. The third-order valence-corrected chi connectivity index (χ3v) is 4.63. The van der Waals surface area contributed by atoms with E-state index in [0.717, 1.165) is 41.1 Å². The molecule has 0 unspecified atom stereocenters. The Morgan fingerprint density at radius 3 is 2.72 bits per heavy atom. The van der Waals surface area contributed by atoms with Gasteiger partial charge < -0.3 is 23.8 Å². The summed E-state index contributed by atoms with van der Waals surface area (Å²) >= 11 is 0. The molecule has 0 amide bonds. The van der Waals surface area contributed by atoms with Gasteiger partial charge >= 0.3 is 0 Å². The second-order valence-corrected chi connectivity index (χ2v) is 6.69. The molecule has 1 fully saturated rings. The van der Waals surface area contributed by atoms with Crippen LogP contribution >= 0.6 is 0 Å². The van der Waals surface area contributed by atoms with E-state index >= 15 is 0 Å². The van der Waals surface area contributed by atoms with Gasteiger partial charge in [0.25, 0.3) is 0 Å². The maximum Gasteiger partial charge on any atom is 0.188 e. The van der Waals surface area contributed by atoms with Crippen molar-refractivity contribution in [3.05, 3.63) is 42.1 Å². The number of pyridine rings is 1. The summed E-state index contributed by atoms with van der Waals surface area (Å²) in [6.45, 7) is 3.54. The highest BCUT2D eigenvalue weighted by atomic mass is 16.7. The first-order valence-electron chi connectivity index (χ1n) is 9.49. The van der Waals surface area contributed by atoms with Gasteiger partial charge in [0.15, 0.2) is 18.4 Å². The highest BCUT2D eigenvalue weighted by Crippen LogP contribution is 2.29. The lowest BCUT2D eigenvalue weighted by Gasteiger charge is -2.28. The Hall–Kier alpha value is -2.81. The maximum atomic E-state index is 5.57. The smallest absolute Gasteiger partial charge is 0.188 e. The number of methoxy groups -OCH3 is 2. The van der Waals surface area contributed by atoms with Crippen LogP contribution in [0.3, 0.4) is 0 Å². The van der Waals surface area contributed by atoms with Crippen molar-refractivity contribution in [2.45, 2.75) is 6.61 Å². The number of aromatic nitrogens is 3. The lowest BCUT2D eigenvalue weighted by molar-refractivity contribution is 0.0511. The fraction of sp³-hybridized carbons (Fsp3) is 0.381. The molecule has 0 radical (unpaired) electrons. The van der Waals surface area contributed by atoms with Gasteiger partial charge in [-0.05, 0) is 23.8 Å². The minimum absolute atomic E-state index is 0.186. The molecule has 8 nitrogen and oxygen atoms in total. The van der Waals surface area contributed by atoms with Crippen molar-refractivity contribution in [2.24, 2.45) is 0 Å². The lowest BCUT2D eigenvalue weighted by Crippen LogP contribution is -2.37. The van der Waals surface area contributed by atoms with Gasteiger partial charge in [-0.2, -0.15) is 0 Å². The molecular weight excluding hydrogens is 372 g/mol. The van der Waals surface area contributed by atoms with Gasteiger partial charge in [-0.15, -0.1) is 0 Å². The van der Waals surface area contributed by atoms with Crippen LogP contribution < -0.4 is 9.64 Å². The molecule has 4 rings (SSSR count). The van der Waals surface area contributed by atoms with Crippen LogP contribution in [-0.4, -0.2) is 62.3 Å². The van der Waals surface area contributed by atoms with E-state index in [0.29, 0.717) is 31.4 Å². The van der Waals surface area contributed by atoms with E-state index in [2.05, 4.69) is 9.88 Å². The standard InChI is InChI=1S/C21H24N4O4/c1-26-13-15-10-18-19(22-12-15)21(25-6-8-28-9-7-25)24-20(23-18)16-4-3-5-17(11-16)29-14-27-2/h3-5,10-12H,6-9,13-14H2,1-2H3. The molecule has 1 saturated heterocycles. The molecule has 0 spiro atoms. The molecule has 29 heavy (non-hydrogen) atoms. The second kappa shape index (κ2) is 9.13. The average Bonchev–Trinajstić information content (AvgIpc) is 2.78. The summed E-state index contributed by atoms with van der Waals surface area (Å²) in [6.07, 6.45) is 1.82. The van der Waals surface area contributed by atoms with Crippen molar-refractivity contribution in [1.29, 1.82) is 0 Å². The van der Waals surface area contributed by atoms with Gasteiger partial charge in [0.2, 0.25) is 0 Å². The number of rotatable bonds is 7. The molecule has 8 heteroatoms. The van der Waals surface area contributed by atoms with Gasteiger partial charge in [0, 0.05) is 39.1 Å². The molecule has 0 bridgehead atoms. The Morgan fingerprint density at radius 2 is 1.93 bits per heavy atom. The third kappa shape index (κ3) is 4.45. The number of hydrogen-bond donors (Lipinski definition) is 0. The molecule has 3 heterocycles. The van der Waals surface area contributed by atoms with Crippen LogP contribution in [0.25, 0.3) is 22.4 Å². The van der Waals surface area contributed by atoms with Crippen molar-refractivity contribution in [3.8, 4) is 17.1 Å². The van der Waals surface area contributed by atoms with Gasteiger partial charge in [-0.1, -0.05) is 12.1 Å². The van der Waals surface area contributed by atoms with E-state index in [9.17, 15) is 0 Å². The Morgan fingerprint density at radius 1 is 1.07 bits per heavy atom. The predicted octanol–water partition coefficient (Wildman–Crippen LogP) is 2.66. The summed E-state index contributed by atoms with van der Waals surface area (Å²) in [5, 5.41) is 0. The summed E-state index contributed by atoms with van der Waals surface area (Å²) in [4.78, 5) is 16.5. The molecular formula is C21H24N4O4. The fourth-order valence-corrected chi connectivity index (χ4v) is 3.27. The summed E-state index contributed by atoms with van der Waals surface area (Å²) in [5.74, 6) is 2.14. The Balaban J connectivity index is 1.80. The highest BCUT2D eigenvalue weighted by molar-refractivity contribution is 5.88. The Labute approximate surface area is 169 Å². The zero-order chi connectivity index (χ0) is 20.1. The van der Waals surface area contributed by atoms with Crippen molar-refractivity contribution in [1.82, 2.24) is 15.0 Å². The van der Waals surface area contributed by atoms with E-state index in [1.54, 1.807) is 14.2 Å². The monoisotopic (exact) mass is 396 g/mol. The number of anilines is 1. The lowest BCUT2D eigenvalue weighted by atomic mass is 10.2. The first-order chi connectivity index (χ1) is 14.3. The van der Waals surface area contributed by atoms with Crippen LogP contribution in [0.1, 0.15) is 5.56 Å². The summed E-state index contributed by atoms with van der Waals surface area (Å²) in [6, 6.07) is 9.69. The minimum Gasteiger partial charge on any atom is -0.468 e. The van der Waals surface area contributed by atoms with Gasteiger partial charge in [0.05, 0.1) is 25.3 Å². The number of ether oxygens (including phenoxy) is 4. The quantitative estimate of drug-likeness (QED) is 0.564. The van der Waals surface area contributed by atoms with Crippen molar-refractivity contribution >= 4 is 16.9 Å². The molecule has 0 atom stereocenters. The molecule has 0 aliphatic carbocycles. The number of nitrogens with zero attached hydrogens (tertiary/aromatic N) is 4. The molecule has 0 N–H and O–H groups in total. The summed E-state index contributed by atoms with van der Waals surface area (Å²) < 4.78 is 21.3. The van der Waals surface area contributed by atoms with Crippen LogP contribution in [0, 0.1) is 0 Å². The van der Waals surface area contributed by atoms with Gasteiger partial charge in [-0.25, -0.2) is 9.97 Å². The average molecular weight is 396 g/mol. The highest BCUT2D eigenvalue weighted by Gasteiger charge is 2.19. The van der Waals surface area contributed by atoms with Crippen molar-refractivity contribution < 1.29 is 18.9 Å². The first kappa shape index (κ1) is 19.5. The largest absolute Gasteiger partial charge is 0.468 e. The predicted molar refractivity (Wildman–Crippen MR) is 109 cm³/mol. The maximum absolute atomic E-state index is 5.57. The van der Waals surface area contributed by atoms with E-state index in [4.69, 9.17) is 28.9 Å². The van der Waals surface area contributed by atoms with E-state index in [1.165, 1.54) is 0 Å². The van der Waals surface area contributed by atoms with E-state index in [1.807, 2.05) is 36.5 Å². The molecule has 152 valence electrons. The zero-order valence-corrected chi connectivity index (χ0v) is 16.6. The second-order valence-electron chi connectivity index (χ2n) is 6.69. The molecule has 0 saturated carbocycles. The zero-order valence-electron chi connectivity index (χ0n) is 16.6. The number of hydrogen-bond acceptors (Lipinski definition) is 8. The van der Waals surface area contributed by atoms with Crippen molar-refractivity contribution in [3.63, 3.8) is 0 Å². The van der Waals surface area contributed by atoms with Crippen LogP contribution in [0.2, 0.25) is 0 Å². The van der Waals surface area contributed by atoms with E-state index in [-0.39, 0.29) is 6.79 Å². The molecule has 1 aliphatic heterocycles. The number of morpholine rings is 1. The van der Waals surface area contributed by atoms with E-state index < -0.39 is 0 Å². The topological polar surface area (TPSA) is 78.8 Å². The van der Waals surface area contributed by atoms with Gasteiger partial charge in [-0.3, -0.25) is 4.98 Å². The van der Waals surface area contributed by atoms with Crippen molar-refractivity contribution in [2.75, 3.05) is 52.2 Å². The summed E-state index contributed by atoms with van der Waals surface area (Å²) in [5.41, 5.74) is 3.40. The molecule has 1 aliphatic rings. The Kier molecular flexibility index (Phi) is 6.14. The normalized spacial score (nSPS) is 14.3. The van der Waals surface area contributed by atoms with Gasteiger partial charge in [0.1, 0.15) is 11.3 Å². The number of benzene rings is 1. The number of fused-ring (bicyclic) bond motifs is 1. The van der Waals surface area contributed by atoms with Crippen LogP contribution in [-0.2, 0) is 20.8 Å². The molecule has 1 aromatic carbocycles. The molecule has 3 aromatic rings. The first-order valence-corrected chi connectivity index (χ1v) is 9.49. The van der Waals surface area contributed by atoms with Crippen LogP contribution in [0.15, 0.2) is 36.5 Å². The SMILES string of the molecule is COCOc1cccc(-c2nc(N3CCOCC3)c3ncc(COC)cc3n2)c1. The molecule has 2 aromatic heterocycles. The summed E-state index contributed by atoms with van der Waals surface area (Å²) in [7, 11) is 3.26. The third-order valence-electron chi connectivity index (χ3n) is 4.63. The van der Waals surface area contributed by atoms with Crippen LogP contribution in [0.4, 0.5) is 5.82 Å². The Bertz CT molecular complexity index is 976. The van der Waals surface area contributed by atoms with Crippen LogP contribution in [0.5, 0.6) is 5.75 Å². The fourth-order valence-electron chi connectivity index (χ4n) is 3.27.